The lowest BCUT2D eigenvalue weighted by Gasteiger charge is -2.01. The maximum absolute atomic E-state index is 5.79. The van der Waals surface area contributed by atoms with Gasteiger partial charge in [-0.2, -0.15) is 0 Å². The van der Waals surface area contributed by atoms with Crippen molar-refractivity contribution in [2.45, 2.75) is 26.3 Å². The molecule has 0 aliphatic carbocycles. The highest BCUT2D eigenvalue weighted by Crippen LogP contribution is 2.23. The Bertz CT molecular complexity index is 751. The van der Waals surface area contributed by atoms with Gasteiger partial charge in [-0.05, 0) is 26.0 Å². The molecule has 0 amide bonds. The summed E-state index contributed by atoms with van der Waals surface area (Å²) < 4.78 is 2.09. The third-order valence-electron chi connectivity index (χ3n) is 3.56. The van der Waals surface area contributed by atoms with Crippen molar-refractivity contribution in [1.82, 2.24) is 19.5 Å². The molecule has 0 saturated heterocycles. The summed E-state index contributed by atoms with van der Waals surface area (Å²) in [5, 5.41) is 0. The van der Waals surface area contributed by atoms with Gasteiger partial charge < -0.3 is 15.3 Å². The number of rotatable bonds is 3. The van der Waals surface area contributed by atoms with E-state index < -0.39 is 0 Å². The summed E-state index contributed by atoms with van der Waals surface area (Å²) in [6, 6.07) is 6.38. The van der Waals surface area contributed by atoms with Gasteiger partial charge in [-0.15, -0.1) is 0 Å². The van der Waals surface area contributed by atoms with E-state index in [1.54, 1.807) is 0 Å². The van der Waals surface area contributed by atoms with Crippen molar-refractivity contribution >= 4 is 11.0 Å². The molecule has 20 heavy (non-hydrogen) atoms. The van der Waals surface area contributed by atoms with Crippen molar-refractivity contribution in [3.8, 4) is 11.3 Å². The van der Waals surface area contributed by atoms with Crippen LogP contribution in [0, 0.1) is 6.92 Å². The number of nitrogens with two attached hydrogens (primary N) is 1. The summed E-state index contributed by atoms with van der Waals surface area (Å²) in [6.45, 7) is 3.99. The van der Waals surface area contributed by atoms with Crippen LogP contribution >= 0.6 is 0 Å². The van der Waals surface area contributed by atoms with Crippen LogP contribution in [0.5, 0.6) is 0 Å². The Balaban J connectivity index is 1.99. The molecular formula is C15H19N5. The number of aryl methyl sites for hydroxylation is 2. The summed E-state index contributed by atoms with van der Waals surface area (Å²) in [5.41, 5.74) is 10.0. The molecule has 3 rings (SSSR count). The monoisotopic (exact) mass is 269 g/mol. The van der Waals surface area contributed by atoms with Crippen LogP contribution in [0.2, 0.25) is 0 Å². The Morgan fingerprint density at radius 3 is 2.95 bits per heavy atom. The zero-order valence-electron chi connectivity index (χ0n) is 12.0. The summed E-state index contributed by atoms with van der Waals surface area (Å²) in [6.07, 6.45) is 2.61. The highest BCUT2D eigenvalue weighted by atomic mass is 15.0. The van der Waals surface area contributed by atoms with Crippen molar-refractivity contribution in [3.05, 3.63) is 36.0 Å². The van der Waals surface area contributed by atoms with Crippen LogP contribution in [0.25, 0.3) is 22.3 Å². The van der Waals surface area contributed by atoms with Gasteiger partial charge in [0.1, 0.15) is 11.6 Å². The van der Waals surface area contributed by atoms with Gasteiger partial charge in [0.15, 0.2) is 0 Å². The van der Waals surface area contributed by atoms with Crippen LogP contribution in [-0.2, 0) is 13.5 Å². The van der Waals surface area contributed by atoms with Gasteiger partial charge >= 0.3 is 0 Å². The van der Waals surface area contributed by atoms with E-state index in [1.165, 1.54) is 0 Å². The molecule has 0 fully saturated rings. The normalized spacial score (nSPS) is 13.0. The van der Waals surface area contributed by atoms with Gasteiger partial charge in [0.05, 0.1) is 22.9 Å². The minimum Gasteiger partial charge on any atom is -0.342 e. The number of imidazole rings is 2. The van der Waals surface area contributed by atoms with Crippen LogP contribution in [0.4, 0.5) is 0 Å². The van der Waals surface area contributed by atoms with E-state index in [4.69, 9.17) is 5.73 Å². The Hall–Kier alpha value is -2.14. The highest BCUT2D eigenvalue weighted by Gasteiger charge is 2.08. The molecule has 1 aromatic carbocycles. The maximum Gasteiger partial charge on any atom is 0.108 e. The largest absolute Gasteiger partial charge is 0.342 e. The third kappa shape index (κ3) is 2.20. The van der Waals surface area contributed by atoms with E-state index in [9.17, 15) is 0 Å². The number of benzene rings is 1. The molecular weight excluding hydrogens is 250 g/mol. The molecule has 0 aliphatic rings. The smallest absolute Gasteiger partial charge is 0.108 e. The Kier molecular flexibility index (Phi) is 3.06. The van der Waals surface area contributed by atoms with Gasteiger partial charge in [-0.25, -0.2) is 9.97 Å². The maximum atomic E-state index is 5.79. The number of hydrogen-bond acceptors (Lipinski definition) is 3. The fourth-order valence-corrected chi connectivity index (χ4v) is 2.41. The van der Waals surface area contributed by atoms with Gasteiger partial charge in [0.2, 0.25) is 0 Å². The summed E-state index contributed by atoms with van der Waals surface area (Å²) in [4.78, 5) is 12.3. The molecule has 1 atom stereocenters. The predicted octanol–water partition coefficient (Wildman–Crippen LogP) is 2.16. The first-order valence-electron chi connectivity index (χ1n) is 6.77. The molecule has 0 saturated carbocycles. The highest BCUT2D eigenvalue weighted by molar-refractivity contribution is 5.81. The molecule has 2 aromatic heterocycles. The quantitative estimate of drug-likeness (QED) is 0.765. The number of fused-ring (bicyclic) bond motifs is 1. The average molecular weight is 269 g/mol. The van der Waals surface area contributed by atoms with E-state index in [2.05, 4.69) is 37.7 Å². The van der Waals surface area contributed by atoms with Gasteiger partial charge in [-0.1, -0.05) is 6.07 Å². The second kappa shape index (κ2) is 4.76. The van der Waals surface area contributed by atoms with Gasteiger partial charge in [0.25, 0.3) is 0 Å². The van der Waals surface area contributed by atoms with Crippen LogP contribution in [0.1, 0.15) is 18.6 Å². The first-order chi connectivity index (χ1) is 9.54. The predicted molar refractivity (Wildman–Crippen MR) is 80.4 cm³/mol. The number of aromatic nitrogens is 4. The van der Waals surface area contributed by atoms with E-state index in [0.717, 1.165) is 40.4 Å². The number of H-pyrrole nitrogens is 1. The molecule has 3 aromatic rings. The number of aromatic amines is 1. The Morgan fingerprint density at radius 1 is 1.40 bits per heavy atom. The second-order valence-corrected chi connectivity index (χ2v) is 5.35. The van der Waals surface area contributed by atoms with Crippen LogP contribution in [-0.4, -0.2) is 25.6 Å². The molecule has 0 aliphatic heterocycles. The van der Waals surface area contributed by atoms with Crippen LogP contribution in [0.15, 0.2) is 24.4 Å². The average Bonchev–Trinajstić information content (AvgIpc) is 2.95. The first kappa shape index (κ1) is 12.9. The number of nitrogens with one attached hydrogen (secondary N) is 1. The molecule has 0 radical (unpaired) electrons. The standard InChI is InChI=1S/C15H19N5/c1-9(16)6-15-17-8-13(19-15)11-4-5-14-12(7-11)18-10(2)20(14)3/h4-5,7-9H,6,16H2,1-3H3,(H,17,19). The van der Waals surface area contributed by atoms with E-state index in [1.807, 2.05) is 27.1 Å². The van der Waals surface area contributed by atoms with E-state index in [0.29, 0.717) is 0 Å². The van der Waals surface area contributed by atoms with Gasteiger partial charge in [0, 0.05) is 25.1 Å². The van der Waals surface area contributed by atoms with Crippen molar-refractivity contribution in [2.75, 3.05) is 0 Å². The molecule has 5 heteroatoms. The molecule has 0 bridgehead atoms. The SMILES string of the molecule is Cc1nc2cc(-c3cnc(CC(C)N)[nH]3)ccc2n1C. The Morgan fingerprint density at radius 2 is 2.20 bits per heavy atom. The molecule has 0 spiro atoms. The zero-order valence-corrected chi connectivity index (χ0v) is 12.0. The lowest BCUT2D eigenvalue weighted by Crippen LogP contribution is -2.18. The summed E-state index contributed by atoms with van der Waals surface area (Å²) >= 11 is 0. The summed E-state index contributed by atoms with van der Waals surface area (Å²) in [7, 11) is 2.03. The molecule has 5 nitrogen and oxygen atoms in total. The van der Waals surface area contributed by atoms with Crippen LogP contribution < -0.4 is 5.73 Å². The number of nitrogens with zero attached hydrogens (tertiary/aromatic N) is 3. The van der Waals surface area contributed by atoms with Crippen molar-refractivity contribution in [3.63, 3.8) is 0 Å². The lowest BCUT2D eigenvalue weighted by molar-refractivity contribution is 0.710. The van der Waals surface area contributed by atoms with E-state index in [-0.39, 0.29) is 6.04 Å². The zero-order chi connectivity index (χ0) is 14.3. The lowest BCUT2D eigenvalue weighted by atomic mass is 10.1. The Labute approximate surface area is 117 Å². The molecule has 3 N–H and O–H groups in total. The van der Waals surface area contributed by atoms with Crippen molar-refractivity contribution < 1.29 is 0 Å². The second-order valence-electron chi connectivity index (χ2n) is 5.35. The summed E-state index contributed by atoms with van der Waals surface area (Å²) in [5.74, 6) is 1.94. The molecule has 2 heterocycles. The molecule has 104 valence electrons. The first-order valence-corrected chi connectivity index (χ1v) is 6.77. The number of hydrogen-bond donors (Lipinski definition) is 2. The minimum atomic E-state index is 0.106. The van der Waals surface area contributed by atoms with Gasteiger partial charge in [-0.3, -0.25) is 0 Å². The fourth-order valence-electron chi connectivity index (χ4n) is 2.41. The molecule has 1 unspecified atom stereocenters. The minimum absolute atomic E-state index is 0.106. The van der Waals surface area contributed by atoms with E-state index >= 15 is 0 Å². The fraction of sp³-hybridized carbons (Fsp3) is 0.333. The topological polar surface area (TPSA) is 72.5 Å². The van der Waals surface area contributed by atoms with Crippen molar-refractivity contribution in [2.24, 2.45) is 12.8 Å². The van der Waals surface area contributed by atoms with Crippen LogP contribution in [0.3, 0.4) is 0 Å². The van der Waals surface area contributed by atoms with Crippen molar-refractivity contribution in [1.29, 1.82) is 0 Å². The third-order valence-corrected chi connectivity index (χ3v) is 3.56.